The summed E-state index contributed by atoms with van der Waals surface area (Å²) in [5, 5.41) is 4.10. The quantitative estimate of drug-likeness (QED) is 0.795. The van der Waals surface area contributed by atoms with E-state index in [0.29, 0.717) is 0 Å². The molecule has 5 nitrogen and oxygen atoms in total. The predicted molar refractivity (Wildman–Crippen MR) is 66.8 cm³/mol. The minimum Gasteiger partial charge on any atom is -0.399 e. The summed E-state index contributed by atoms with van der Waals surface area (Å²) in [5.41, 5.74) is 9.32. The lowest BCUT2D eigenvalue weighted by atomic mass is 10.1. The molecule has 17 heavy (non-hydrogen) atoms. The summed E-state index contributed by atoms with van der Waals surface area (Å²) in [7, 11) is 0. The van der Waals surface area contributed by atoms with E-state index in [2.05, 4.69) is 27.1 Å². The van der Waals surface area contributed by atoms with E-state index in [4.69, 9.17) is 5.73 Å². The van der Waals surface area contributed by atoms with Crippen molar-refractivity contribution >= 4 is 11.4 Å². The Bertz CT molecular complexity index is 506. The third-order valence-electron chi connectivity index (χ3n) is 3.17. The zero-order chi connectivity index (χ0) is 11.7. The molecule has 2 heterocycles. The molecule has 5 heteroatoms. The number of nitrogens with zero attached hydrogens (tertiary/aromatic N) is 4. The van der Waals surface area contributed by atoms with Crippen LogP contribution in [-0.2, 0) is 13.0 Å². The van der Waals surface area contributed by atoms with Crippen molar-refractivity contribution in [2.24, 2.45) is 0 Å². The van der Waals surface area contributed by atoms with E-state index in [1.165, 1.54) is 11.3 Å². The fourth-order valence-corrected chi connectivity index (χ4v) is 2.27. The highest BCUT2D eigenvalue weighted by Crippen LogP contribution is 2.29. The molecule has 88 valence electrons. The summed E-state index contributed by atoms with van der Waals surface area (Å²) in [6.45, 7) is 2.86. The molecule has 0 spiro atoms. The van der Waals surface area contributed by atoms with Crippen molar-refractivity contribution in [3.8, 4) is 0 Å². The Balaban J connectivity index is 1.73. The molecule has 0 atom stereocenters. The molecule has 0 saturated heterocycles. The molecule has 0 aliphatic carbocycles. The van der Waals surface area contributed by atoms with Gasteiger partial charge in [0.05, 0.1) is 6.54 Å². The summed E-state index contributed by atoms with van der Waals surface area (Å²) in [6.07, 6.45) is 4.42. The lowest BCUT2D eigenvalue weighted by molar-refractivity contribution is 0.601. The van der Waals surface area contributed by atoms with Crippen LogP contribution in [0.4, 0.5) is 11.4 Å². The van der Waals surface area contributed by atoms with Gasteiger partial charge in [0.1, 0.15) is 12.7 Å². The fourth-order valence-electron chi connectivity index (χ4n) is 2.27. The number of benzene rings is 1. The average molecular weight is 229 g/mol. The van der Waals surface area contributed by atoms with E-state index >= 15 is 0 Å². The molecule has 2 N–H and O–H groups in total. The Kier molecular flexibility index (Phi) is 2.44. The van der Waals surface area contributed by atoms with E-state index in [-0.39, 0.29) is 0 Å². The standard InChI is InChI=1S/C12H15N5/c13-11-2-1-10-3-4-16(12(10)7-11)5-6-17-9-14-8-15-17/h1-2,7-9H,3-6,13H2. The van der Waals surface area contributed by atoms with Gasteiger partial charge in [-0.15, -0.1) is 0 Å². The minimum absolute atomic E-state index is 0.830. The number of aromatic nitrogens is 3. The van der Waals surface area contributed by atoms with Gasteiger partial charge in [0.15, 0.2) is 0 Å². The van der Waals surface area contributed by atoms with Gasteiger partial charge in [0.25, 0.3) is 0 Å². The normalized spacial score (nSPS) is 14.0. The third kappa shape index (κ3) is 1.95. The number of nitrogens with two attached hydrogens (primary N) is 1. The molecule has 0 radical (unpaired) electrons. The topological polar surface area (TPSA) is 60.0 Å². The molecule has 2 aromatic rings. The maximum atomic E-state index is 5.83. The predicted octanol–water partition coefficient (Wildman–Crippen LogP) is 0.923. The van der Waals surface area contributed by atoms with Crippen LogP contribution in [0.2, 0.25) is 0 Å². The van der Waals surface area contributed by atoms with Crippen LogP contribution in [0.25, 0.3) is 0 Å². The molecule has 0 unspecified atom stereocenters. The zero-order valence-electron chi connectivity index (χ0n) is 9.58. The Morgan fingerprint density at radius 2 is 2.24 bits per heavy atom. The first kappa shape index (κ1) is 10.1. The number of fused-ring (bicyclic) bond motifs is 1. The highest BCUT2D eigenvalue weighted by Gasteiger charge is 2.18. The first-order chi connectivity index (χ1) is 8.33. The molecule has 0 amide bonds. The highest BCUT2D eigenvalue weighted by molar-refractivity contribution is 5.64. The van der Waals surface area contributed by atoms with Crippen molar-refractivity contribution in [1.29, 1.82) is 0 Å². The van der Waals surface area contributed by atoms with Crippen LogP contribution in [0.15, 0.2) is 30.9 Å². The molecule has 1 aliphatic rings. The van der Waals surface area contributed by atoms with Gasteiger partial charge in [-0.3, -0.25) is 4.68 Å². The van der Waals surface area contributed by atoms with Gasteiger partial charge < -0.3 is 10.6 Å². The van der Waals surface area contributed by atoms with E-state index in [9.17, 15) is 0 Å². The largest absolute Gasteiger partial charge is 0.399 e. The Labute approximate surface area is 99.9 Å². The monoisotopic (exact) mass is 229 g/mol. The van der Waals surface area contributed by atoms with Crippen LogP contribution >= 0.6 is 0 Å². The van der Waals surface area contributed by atoms with Gasteiger partial charge >= 0.3 is 0 Å². The van der Waals surface area contributed by atoms with E-state index in [0.717, 1.165) is 31.7 Å². The summed E-state index contributed by atoms with van der Waals surface area (Å²) in [5.74, 6) is 0. The molecule has 1 aromatic carbocycles. The average Bonchev–Trinajstić information content (AvgIpc) is 2.94. The molecule has 0 saturated carbocycles. The van der Waals surface area contributed by atoms with Gasteiger partial charge in [-0.2, -0.15) is 5.10 Å². The zero-order valence-corrected chi connectivity index (χ0v) is 9.58. The number of rotatable bonds is 3. The second-order valence-electron chi connectivity index (χ2n) is 4.28. The van der Waals surface area contributed by atoms with Crippen molar-refractivity contribution in [3.63, 3.8) is 0 Å². The maximum absolute atomic E-state index is 5.83. The maximum Gasteiger partial charge on any atom is 0.137 e. The Morgan fingerprint density at radius 1 is 1.29 bits per heavy atom. The van der Waals surface area contributed by atoms with Crippen molar-refractivity contribution in [1.82, 2.24) is 14.8 Å². The van der Waals surface area contributed by atoms with Crippen molar-refractivity contribution in [2.75, 3.05) is 23.7 Å². The van der Waals surface area contributed by atoms with Crippen LogP contribution in [-0.4, -0.2) is 27.9 Å². The van der Waals surface area contributed by atoms with Crippen molar-refractivity contribution < 1.29 is 0 Å². The SMILES string of the molecule is Nc1ccc2c(c1)N(CCn1cncn1)CC2. The van der Waals surface area contributed by atoms with E-state index < -0.39 is 0 Å². The summed E-state index contributed by atoms with van der Waals surface area (Å²) < 4.78 is 1.85. The first-order valence-electron chi connectivity index (χ1n) is 5.79. The number of hydrogen-bond acceptors (Lipinski definition) is 4. The summed E-state index contributed by atoms with van der Waals surface area (Å²) in [4.78, 5) is 6.29. The van der Waals surface area contributed by atoms with E-state index in [1.54, 1.807) is 12.7 Å². The Morgan fingerprint density at radius 3 is 3.06 bits per heavy atom. The molecule has 0 bridgehead atoms. The molecular weight excluding hydrogens is 214 g/mol. The minimum atomic E-state index is 0.830. The van der Waals surface area contributed by atoms with E-state index in [1.807, 2.05) is 10.7 Å². The van der Waals surface area contributed by atoms with Crippen LogP contribution in [0.5, 0.6) is 0 Å². The van der Waals surface area contributed by atoms with Crippen molar-refractivity contribution in [2.45, 2.75) is 13.0 Å². The summed E-state index contributed by atoms with van der Waals surface area (Å²) in [6, 6.07) is 6.16. The van der Waals surface area contributed by atoms with Crippen molar-refractivity contribution in [3.05, 3.63) is 36.4 Å². The Hall–Kier alpha value is -2.04. The summed E-state index contributed by atoms with van der Waals surface area (Å²) >= 11 is 0. The molecule has 1 aromatic heterocycles. The number of nitrogen functional groups attached to an aromatic ring is 1. The van der Waals surface area contributed by atoms with Crippen LogP contribution in [0.3, 0.4) is 0 Å². The molecular formula is C12H15N5. The second kappa shape index (κ2) is 4.08. The van der Waals surface area contributed by atoms with Gasteiger partial charge in [-0.05, 0) is 24.1 Å². The molecule has 1 aliphatic heterocycles. The smallest absolute Gasteiger partial charge is 0.137 e. The van der Waals surface area contributed by atoms with Gasteiger partial charge in [-0.1, -0.05) is 6.07 Å². The lowest BCUT2D eigenvalue weighted by Gasteiger charge is -2.19. The lowest BCUT2D eigenvalue weighted by Crippen LogP contribution is -2.25. The van der Waals surface area contributed by atoms with Crippen LogP contribution < -0.4 is 10.6 Å². The molecule has 3 rings (SSSR count). The van der Waals surface area contributed by atoms with Gasteiger partial charge in [0.2, 0.25) is 0 Å². The number of anilines is 2. The highest BCUT2D eigenvalue weighted by atomic mass is 15.3. The van der Waals surface area contributed by atoms with Crippen LogP contribution in [0, 0.1) is 0 Å². The van der Waals surface area contributed by atoms with Crippen LogP contribution in [0.1, 0.15) is 5.56 Å². The fraction of sp³-hybridized carbons (Fsp3) is 0.333. The first-order valence-corrected chi connectivity index (χ1v) is 5.79. The second-order valence-corrected chi connectivity index (χ2v) is 4.28. The third-order valence-corrected chi connectivity index (χ3v) is 3.17. The van der Waals surface area contributed by atoms with Gasteiger partial charge in [-0.25, -0.2) is 4.98 Å². The van der Waals surface area contributed by atoms with Gasteiger partial charge in [0, 0.05) is 24.5 Å². The molecule has 0 fully saturated rings. The number of hydrogen-bond donors (Lipinski definition) is 1.